The van der Waals surface area contributed by atoms with Crippen molar-refractivity contribution >= 4 is 16.9 Å². The van der Waals surface area contributed by atoms with Crippen molar-refractivity contribution in [2.45, 2.75) is 12.1 Å². The first kappa shape index (κ1) is 18.4. The molecule has 1 aliphatic heterocycles. The number of nitrogens with two attached hydrogens (primary N) is 1. The highest BCUT2D eigenvalue weighted by molar-refractivity contribution is 7.83. The lowest BCUT2D eigenvalue weighted by Gasteiger charge is -2.37. The Balaban J connectivity index is 1.93. The predicted octanol–water partition coefficient (Wildman–Crippen LogP) is 2.03. The van der Waals surface area contributed by atoms with Gasteiger partial charge in [-0.25, -0.2) is 9.20 Å². The average Bonchev–Trinajstić information content (AvgIpc) is 2.67. The molecule has 26 heavy (non-hydrogen) atoms. The van der Waals surface area contributed by atoms with Crippen LogP contribution in [0.25, 0.3) is 0 Å². The van der Waals surface area contributed by atoms with Gasteiger partial charge in [-0.1, -0.05) is 48.5 Å². The highest BCUT2D eigenvalue weighted by atomic mass is 32.2. The zero-order chi connectivity index (χ0) is 18.6. The molecule has 2 aromatic rings. The summed E-state index contributed by atoms with van der Waals surface area (Å²) in [6, 6.07) is 17.5. The topological polar surface area (TPSA) is 77.2 Å². The molecule has 7 heteroatoms. The molecule has 0 fully saturated rings. The van der Waals surface area contributed by atoms with Crippen molar-refractivity contribution in [2.24, 2.45) is 10.7 Å². The van der Waals surface area contributed by atoms with Crippen molar-refractivity contribution in [1.82, 2.24) is 4.31 Å². The van der Waals surface area contributed by atoms with Gasteiger partial charge in [-0.3, -0.25) is 4.31 Å². The molecule has 3 rings (SSSR count). The van der Waals surface area contributed by atoms with E-state index in [4.69, 9.17) is 15.2 Å². The second-order valence-corrected chi connectivity index (χ2v) is 7.62. The fourth-order valence-corrected chi connectivity index (χ4v) is 4.11. The zero-order valence-corrected chi connectivity index (χ0v) is 15.7. The van der Waals surface area contributed by atoms with Crippen LogP contribution < -0.4 is 10.5 Å². The van der Waals surface area contributed by atoms with Gasteiger partial charge in [0.2, 0.25) is 5.96 Å². The second-order valence-electron chi connectivity index (χ2n) is 6.14. The van der Waals surface area contributed by atoms with Crippen molar-refractivity contribution in [3.8, 4) is 5.75 Å². The van der Waals surface area contributed by atoms with Gasteiger partial charge in [0, 0.05) is 12.6 Å². The largest absolute Gasteiger partial charge is 0.496 e. The van der Waals surface area contributed by atoms with Gasteiger partial charge in [-0.15, -0.1) is 0 Å². The number of rotatable bonds is 6. The molecular weight excluding hydrogens is 350 g/mol. The predicted molar refractivity (Wildman–Crippen MR) is 103 cm³/mol. The summed E-state index contributed by atoms with van der Waals surface area (Å²) in [6.07, 6.45) is 0. The Kier molecular flexibility index (Phi) is 5.58. The van der Waals surface area contributed by atoms with Gasteiger partial charge in [0.25, 0.3) is 0 Å². The molecule has 2 atom stereocenters. The molecule has 1 aliphatic rings. The molecule has 2 unspecified atom stereocenters. The SMILES string of the molecule is COc1ccccc1C1(COCc2ccccc2)CS(=O)N(C)C(N)=N1. The molecule has 0 aromatic heterocycles. The summed E-state index contributed by atoms with van der Waals surface area (Å²) in [6.45, 7) is 0.693. The smallest absolute Gasteiger partial charge is 0.204 e. The molecule has 0 radical (unpaired) electrons. The van der Waals surface area contributed by atoms with Crippen molar-refractivity contribution in [2.75, 3.05) is 26.5 Å². The number of hydrogen-bond donors (Lipinski definition) is 1. The first-order valence-corrected chi connectivity index (χ1v) is 9.56. The van der Waals surface area contributed by atoms with Crippen LogP contribution in [0.2, 0.25) is 0 Å². The van der Waals surface area contributed by atoms with Crippen LogP contribution in [-0.2, 0) is 27.9 Å². The summed E-state index contributed by atoms with van der Waals surface area (Å²) in [4.78, 5) is 4.68. The van der Waals surface area contributed by atoms with Crippen LogP contribution in [0, 0.1) is 0 Å². The van der Waals surface area contributed by atoms with E-state index in [-0.39, 0.29) is 18.3 Å². The Hall–Kier alpha value is -2.38. The van der Waals surface area contributed by atoms with Gasteiger partial charge in [0.05, 0.1) is 26.1 Å². The molecule has 0 spiro atoms. The Morgan fingerprint density at radius 2 is 1.88 bits per heavy atom. The standard InChI is InChI=1S/C19H23N3O3S/c1-22-18(20)21-19(14-26(22)23,16-10-6-7-11-17(16)24-2)13-25-12-15-8-4-3-5-9-15/h3-11H,12-14H2,1-2H3,(H2,20,21). The van der Waals surface area contributed by atoms with E-state index in [2.05, 4.69) is 4.99 Å². The van der Waals surface area contributed by atoms with E-state index in [9.17, 15) is 4.21 Å². The van der Waals surface area contributed by atoms with Gasteiger partial charge in [0.15, 0.2) is 0 Å². The van der Waals surface area contributed by atoms with Crippen LogP contribution in [0.3, 0.4) is 0 Å². The Morgan fingerprint density at radius 1 is 1.19 bits per heavy atom. The van der Waals surface area contributed by atoms with E-state index in [1.165, 1.54) is 4.31 Å². The number of ether oxygens (including phenoxy) is 2. The summed E-state index contributed by atoms with van der Waals surface area (Å²) in [5.74, 6) is 1.18. The number of aliphatic imine (C=N–C) groups is 1. The maximum Gasteiger partial charge on any atom is 0.204 e. The van der Waals surface area contributed by atoms with Crippen molar-refractivity contribution in [3.63, 3.8) is 0 Å². The third kappa shape index (κ3) is 3.73. The summed E-state index contributed by atoms with van der Waals surface area (Å²) >= 11 is 0. The minimum Gasteiger partial charge on any atom is -0.496 e. The van der Waals surface area contributed by atoms with Crippen molar-refractivity contribution in [1.29, 1.82) is 0 Å². The lowest BCUT2D eigenvalue weighted by molar-refractivity contribution is 0.0784. The van der Waals surface area contributed by atoms with Crippen molar-refractivity contribution < 1.29 is 13.7 Å². The van der Waals surface area contributed by atoms with Crippen LogP contribution in [-0.4, -0.2) is 41.0 Å². The van der Waals surface area contributed by atoms with E-state index in [0.29, 0.717) is 12.4 Å². The van der Waals surface area contributed by atoms with Gasteiger partial charge in [0.1, 0.15) is 22.3 Å². The molecule has 2 N–H and O–H groups in total. The molecule has 2 aromatic carbocycles. The second kappa shape index (κ2) is 7.88. The first-order valence-electron chi connectivity index (χ1n) is 8.28. The van der Waals surface area contributed by atoms with E-state index < -0.39 is 16.5 Å². The maximum atomic E-state index is 12.6. The van der Waals surface area contributed by atoms with Crippen LogP contribution in [0.1, 0.15) is 11.1 Å². The average molecular weight is 373 g/mol. The van der Waals surface area contributed by atoms with Crippen LogP contribution >= 0.6 is 0 Å². The molecule has 0 bridgehead atoms. The lowest BCUT2D eigenvalue weighted by atomic mass is 9.92. The molecular formula is C19H23N3O3S. The molecule has 0 saturated carbocycles. The molecule has 6 nitrogen and oxygen atoms in total. The molecule has 1 heterocycles. The van der Waals surface area contributed by atoms with Crippen LogP contribution in [0.15, 0.2) is 59.6 Å². The fourth-order valence-electron chi connectivity index (χ4n) is 2.96. The number of benzene rings is 2. The number of hydrogen-bond acceptors (Lipinski definition) is 5. The van der Waals surface area contributed by atoms with E-state index in [1.54, 1.807) is 14.2 Å². The highest BCUT2D eigenvalue weighted by Crippen LogP contribution is 2.37. The maximum absolute atomic E-state index is 12.6. The third-order valence-electron chi connectivity index (χ3n) is 4.38. The van der Waals surface area contributed by atoms with Gasteiger partial charge in [-0.05, 0) is 11.6 Å². The molecule has 0 amide bonds. The van der Waals surface area contributed by atoms with Crippen LogP contribution in [0.4, 0.5) is 0 Å². The summed E-state index contributed by atoms with van der Waals surface area (Å²) in [7, 11) is 1.98. The normalized spacial score (nSPS) is 22.8. The van der Waals surface area contributed by atoms with E-state index in [0.717, 1.165) is 11.1 Å². The van der Waals surface area contributed by atoms with Crippen molar-refractivity contribution in [3.05, 3.63) is 65.7 Å². The van der Waals surface area contributed by atoms with Gasteiger partial charge >= 0.3 is 0 Å². The quantitative estimate of drug-likeness (QED) is 0.841. The fraction of sp³-hybridized carbons (Fsp3) is 0.316. The number of methoxy groups -OCH3 is 1. The van der Waals surface area contributed by atoms with E-state index in [1.807, 2.05) is 54.6 Å². The number of guanidine groups is 1. The first-order chi connectivity index (χ1) is 12.6. The third-order valence-corrected chi connectivity index (χ3v) is 5.90. The monoisotopic (exact) mass is 373 g/mol. The summed E-state index contributed by atoms with van der Waals surface area (Å²) < 4.78 is 25.6. The summed E-state index contributed by atoms with van der Waals surface area (Å²) in [5.41, 5.74) is 7.07. The highest BCUT2D eigenvalue weighted by Gasteiger charge is 2.42. The molecule has 0 saturated heterocycles. The molecule has 138 valence electrons. The van der Waals surface area contributed by atoms with Gasteiger partial charge < -0.3 is 15.2 Å². The minimum absolute atomic E-state index is 0.226. The number of nitrogens with zero attached hydrogens (tertiary/aromatic N) is 2. The van der Waals surface area contributed by atoms with E-state index >= 15 is 0 Å². The lowest BCUT2D eigenvalue weighted by Crippen LogP contribution is -2.50. The minimum atomic E-state index is -1.30. The Labute approximate surface area is 156 Å². The number of para-hydroxylation sites is 1. The zero-order valence-electron chi connectivity index (χ0n) is 14.9. The Bertz CT molecular complexity index is 813. The van der Waals surface area contributed by atoms with Gasteiger partial charge in [-0.2, -0.15) is 0 Å². The Morgan fingerprint density at radius 3 is 2.58 bits per heavy atom. The molecule has 0 aliphatic carbocycles. The summed E-state index contributed by atoms with van der Waals surface area (Å²) in [5, 5.41) is 0. The van der Waals surface area contributed by atoms with Crippen LogP contribution in [0.5, 0.6) is 5.75 Å².